The maximum absolute atomic E-state index is 15.0. The number of hydrogen-bond acceptors (Lipinski definition) is 5. The van der Waals surface area contributed by atoms with Gasteiger partial charge < -0.3 is 15.5 Å². The molecule has 2 aliphatic rings. The van der Waals surface area contributed by atoms with Crippen molar-refractivity contribution < 1.29 is 31.5 Å². The van der Waals surface area contributed by atoms with Crippen molar-refractivity contribution in [3.05, 3.63) is 58.1 Å². The van der Waals surface area contributed by atoms with Gasteiger partial charge in [0.2, 0.25) is 5.91 Å². The molecule has 13 heteroatoms. The molecule has 2 N–H and O–H groups in total. The van der Waals surface area contributed by atoms with Crippen molar-refractivity contribution in [1.82, 2.24) is 15.1 Å². The van der Waals surface area contributed by atoms with E-state index < -0.39 is 35.7 Å². The molecule has 4 rings (SSSR count). The number of amides is 2. The van der Waals surface area contributed by atoms with Crippen molar-refractivity contribution in [3.8, 4) is 0 Å². The summed E-state index contributed by atoms with van der Waals surface area (Å²) in [6.07, 6.45) is -3.56. The Labute approximate surface area is 240 Å². The molecule has 224 valence electrons. The van der Waals surface area contributed by atoms with Gasteiger partial charge in [-0.25, -0.2) is 8.78 Å². The van der Waals surface area contributed by atoms with Crippen LogP contribution in [-0.4, -0.2) is 79.6 Å². The summed E-state index contributed by atoms with van der Waals surface area (Å²) in [6, 6.07) is 6.59. The van der Waals surface area contributed by atoms with Crippen molar-refractivity contribution >= 4 is 34.8 Å². The van der Waals surface area contributed by atoms with Gasteiger partial charge in [-0.05, 0) is 57.6 Å². The number of carbonyl (C=O) groups is 2. The molecule has 2 fully saturated rings. The van der Waals surface area contributed by atoms with Crippen LogP contribution < -0.4 is 15.5 Å². The van der Waals surface area contributed by atoms with E-state index in [4.69, 9.17) is 11.6 Å². The maximum atomic E-state index is 15.0. The van der Waals surface area contributed by atoms with Crippen LogP contribution in [0.25, 0.3) is 0 Å². The molecule has 0 aliphatic carbocycles. The van der Waals surface area contributed by atoms with Gasteiger partial charge in [-0.3, -0.25) is 19.4 Å². The summed E-state index contributed by atoms with van der Waals surface area (Å²) < 4.78 is 67.9. The fraction of sp³-hybridized carbons (Fsp3) is 0.500. The summed E-state index contributed by atoms with van der Waals surface area (Å²) in [4.78, 5) is 31.0. The van der Waals surface area contributed by atoms with E-state index in [9.17, 15) is 27.2 Å². The van der Waals surface area contributed by atoms with Gasteiger partial charge in [0, 0.05) is 49.4 Å². The number of alkyl halides is 3. The normalized spacial score (nSPS) is 20.3. The van der Waals surface area contributed by atoms with Crippen molar-refractivity contribution in [2.75, 3.05) is 50.0 Å². The predicted octanol–water partition coefficient (Wildman–Crippen LogP) is 5.04. The molecule has 2 heterocycles. The van der Waals surface area contributed by atoms with Crippen molar-refractivity contribution in [2.45, 2.75) is 51.0 Å². The van der Waals surface area contributed by atoms with E-state index in [2.05, 4.69) is 10.6 Å². The number of anilines is 2. The van der Waals surface area contributed by atoms with Crippen LogP contribution in [-0.2, 0) is 11.3 Å². The monoisotopic (exact) mass is 601 g/mol. The van der Waals surface area contributed by atoms with E-state index in [1.165, 1.54) is 18.2 Å². The molecule has 2 aromatic carbocycles. The van der Waals surface area contributed by atoms with Gasteiger partial charge in [0.15, 0.2) is 11.6 Å². The highest BCUT2D eigenvalue weighted by Gasteiger charge is 2.32. The van der Waals surface area contributed by atoms with Gasteiger partial charge in [0.25, 0.3) is 5.91 Å². The zero-order valence-corrected chi connectivity index (χ0v) is 23.6. The molecule has 2 aliphatic heterocycles. The van der Waals surface area contributed by atoms with Gasteiger partial charge >= 0.3 is 6.18 Å². The highest BCUT2D eigenvalue weighted by atomic mass is 35.5. The smallest absolute Gasteiger partial charge is 0.365 e. The number of likely N-dealkylation sites (tertiary alicyclic amines) is 1. The number of piperazine rings is 1. The second kappa shape index (κ2) is 12.9. The molecule has 0 spiro atoms. The van der Waals surface area contributed by atoms with Crippen LogP contribution in [0.1, 0.15) is 42.1 Å². The number of nitrogens with one attached hydrogen (secondary N) is 2. The minimum Gasteiger partial charge on any atom is -0.365 e. The summed E-state index contributed by atoms with van der Waals surface area (Å²) >= 11 is 6.21. The Hall–Kier alpha value is -2.96. The van der Waals surface area contributed by atoms with Crippen molar-refractivity contribution in [3.63, 3.8) is 0 Å². The minimum atomic E-state index is -4.24. The Morgan fingerprint density at radius 1 is 1.07 bits per heavy atom. The van der Waals surface area contributed by atoms with Gasteiger partial charge in [0.05, 0.1) is 29.4 Å². The van der Waals surface area contributed by atoms with Crippen LogP contribution in [0.3, 0.4) is 0 Å². The first-order valence-electron chi connectivity index (χ1n) is 13.5. The lowest BCUT2D eigenvalue weighted by Crippen LogP contribution is -2.52. The Kier molecular flexibility index (Phi) is 9.76. The summed E-state index contributed by atoms with van der Waals surface area (Å²) in [6.45, 7) is 3.42. The van der Waals surface area contributed by atoms with Crippen molar-refractivity contribution in [1.29, 1.82) is 0 Å². The van der Waals surface area contributed by atoms with E-state index in [1.54, 1.807) is 11.0 Å². The lowest BCUT2D eigenvalue weighted by atomic mass is 10.1. The molecule has 2 atom stereocenters. The zero-order valence-electron chi connectivity index (χ0n) is 22.8. The Bertz CT molecular complexity index is 1280. The van der Waals surface area contributed by atoms with Gasteiger partial charge in [0.1, 0.15) is 0 Å². The summed E-state index contributed by atoms with van der Waals surface area (Å²) in [5.41, 5.74) is 0.217. The van der Waals surface area contributed by atoms with Crippen molar-refractivity contribution in [2.24, 2.45) is 0 Å². The molecule has 0 aromatic heterocycles. The second-order valence-electron chi connectivity index (χ2n) is 10.6. The second-order valence-corrected chi connectivity index (χ2v) is 11.0. The predicted molar refractivity (Wildman–Crippen MR) is 147 cm³/mol. The lowest BCUT2D eigenvalue weighted by molar-refractivity contribution is -0.138. The molecule has 2 saturated heterocycles. The molecule has 7 nitrogen and oxygen atoms in total. The average molecular weight is 602 g/mol. The number of benzene rings is 2. The SMILES string of the molecule is C[C@@H]1CN(CCC(F)(F)F)CCN1c1cc(Cl)ccc1NC(=O)c1ccc(CNC(=O)[C@@H]2CCCN2C)c(F)c1F. The molecule has 2 aromatic rings. The van der Waals surface area contributed by atoms with E-state index in [0.717, 1.165) is 19.0 Å². The Morgan fingerprint density at radius 2 is 1.83 bits per heavy atom. The number of likely N-dealkylation sites (N-methyl/N-ethyl adjacent to an activating group) is 1. The van der Waals surface area contributed by atoms with Crippen LogP contribution in [0.4, 0.5) is 33.3 Å². The quantitative estimate of drug-likeness (QED) is 0.415. The van der Waals surface area contributed by atoms with Crippen LogP contribution in [0.15, 0.2) is 30.3 Å². The first-order valence-corrected chi connectivity index (χ1v) is 13.8. The Balaban J connectivity index is 1.44. The maximum Gasteiger partial charge on any atom is 0.390 e. The number of carbonyl (C=O) groups excluding carboxylic acids is 2. The summed E-state index contributed by atoms with van der Waals surface area (Å²) in [5.74, 6) is -3.71. The summed E-state index contributed by atoms with van der Waals surface area (Å²) in [5, 5.41) is 5.63. The van der Waals surface area contributed by atoms with E-state index in [-0.39, 0.29) is 36.6 Å². The van der Waals surface area contributed by atoms with Gasteiger partial charge in [-0.15, -0.1) is 0 Å². The topological polar surface area (TPSA) is 67.9 Å². The first kappa shape index (κ1) is 31.0. The number of nitrogens with zero attached hydrogens (tertiary/aromatic N) is 3. The third-order valence-corrected chi connectivity index (χ3v) is 7.86. The number of halogens is 6. The molecule has 2 amide bonds. The highest BCUT2D eigenvalue weighted by Crippen LogP contribution is 2.33. The number of hydrogen-bond donors (Lipinski definition) is 2. The minimum absolute atomic E-state index is 0.0857. The van der Waals surface area contributed by atoms with Crippen LogP contribution in [0.2, 0.25) is 5.02 Å². The van der Waals surface area contributed by atoms with Gasteiger partial charge in [-0.1, -0.05) is 17.7 Å². The number of rotatable bonds is 8. The molecule has 41 heavy (non-hydrogen) atoms. The average Bonchev–Trinajstić information content (AvgIpc) is 3.34. The fourth-order valence-electron chi connectivity index (χ4n) is 5.36. The molecule has 0 saturated carbocycles. The van der Waals surface area contributed by atoms with E-state index in [0.29, 0.717) is 42.5 Å². The van der Waals surface area contributed by atoms with Crippen LogP contribution >= 0.6 is 11.6 Å². The Morgan fingerprint density at radius 3 is 2.49 bits per heavy atom. The fourth-order valence-corrected chi connectivity index (χ4v) is 5.53. The molecule has 0 bridgehead atoms. The van der Waals surface area contributed by atoms with Gasteiger partial charge in [-0.2, -0.15) is 13.2 Å². The lowest BCUT2D eigenvalue weighted by Gasteiger charge is -2.42. The molecule has 0 unspecified atom stereocenters. The molecule has 0 radical (unpaired) electrons. The zero-order chi connectivity index (χ0) is 29.9. The third kappa shape index (κ3) is 7.66. The molecular formula is C28H33ClF5N5O2. The van der Waals surface area contributed by atoms with Crippen LogP contribution in [0, 0.1) is 11.6 Å². The summed E-state index contributed by atoms with van der Waals surface area (Å²) in [7, 11) is 1.83. The molecular weight excluding hydrogens is 569 g/mol. The van der Waals surface area contributed by atoms with E-state index in [1.807, 2.05) is 23.8 Å². The van der Waals surface area contributed by atoms with E-state index >= 15 is 4.39 Å². The first-order chi connectivity index (χ1) is 19.3. The standard InChI is InChI=1S/C28H33ClF5N5O2/c1-17-16-38(11-9-28(32,33)34)12-13-39(17)23-14-19(29)6-8-21(23)36-26(40)20-7-5-18(24(30)25(20)31)15-35-27(41)22-4-3-10-37(22)2/h5-8,14,17,22H,3-4,9-13,15-16H2,1-2H3,(H,35,41)(H,36,40)/t17-,22+/m1/s1. The third-order valence-electron chi connectivity index (χ3n) is 7.62. The highest BCUT2D eigenvalue weighted by molar-refractivity contribution is 6.31. The largest absolute Gasteiger partial charge is 0.390 e. The van der Waals surface area contributed by atoms with Crippen LogP contribution in [0.5, 0.6) is 0 Å².